The number of hydrogen-bond acceptors (Lipinski definition) is 2. The lowest BCUT2D eigenvalue weighted by atomic mass is 10.0. The molecule has 3 rings (SSSR count). The molecule has 142 valence electrons. The molecule has 2 aromatic carbocycles. The lowest BCUT2D eigenvalue weighted by Crippen LogP contribution is -2.29. The second-order valence-electron chi connectivity index (χ2n) is 7.40. The molecule has 0 aromatic heterocycles. The third-order valence-corrected chi connectivity index (χ3v) is 5.22. The fraction of sp³-hybridized carbons (Fsp3) is 0.391. The number of carbonyl (C=O) groups excluding carboxylic acids is 2. The smallest absolute Gasteiger partial charge is 0.229 e. The van der Waals surface area contributed by atoms with Crippen LogP contribution in [0.5, 0.6) is 0 Å². The minimum atomic E-state index is -0.326. The molecule has 1 saturated heterocycles. The van der Waals surface area contributed by atoms with Gasteiger partial charge in [-0.2, -0.15) is 0 Å². The molecule has 1 fully saturated rings. The quantitative estimate of drug-likeness (QED) is 0.854. The maximum Gasteiger partial charge on any atom is 0.229 e. The summed E-state index contributed by atoms with van der Waals surface area (Å²) in [5.41, 5.74) is 6.36. The number of rotatable bonds is 5. The largest absolute Gasteiger partial charge is 0.326 e. The molecule has 2 amide bonds. The van der Waals surface area contributed by atoms with Gasteiger partial charge in [-0.25, -0.2) is 0 Å². The summed E-state index contributed by atoms with van der Waals surface area (Å²) in [7, 11) is 0. The highest BCUT2D eigenvalue weighted by atomic mass is 16.2. The van der Waals surface area contributed by atoms with Crippen molar-refractivity contribution < 1.29 is 9.59 Å². The highest BCUT2D eigenvalue weighted by Gasteiger charge is 2.36. The van der Waals surface area contributed by atoms with Crippen molar-refractivity contribution in [1.29, 1.82) is 0 Å². The van der Waals surface area contributed by atoms with E-state index in [1.165, 1.54) is 0 Å². The Morgan fingerprint density at radius 1 is 1.07 bits per heavy atom. The van der Waals surface area contributed by atoms with E-state index in [4.69, 9.17) is 0 Å². The average molecular weight is 364 g/mol. The van der Waals surface area contributed by atoms with Gasteiger partial charge < -0.3 is 10.2 Å². The number of anilines is 2. The van der Waals surface area contributed by atoms with E-state index >= 15 is 0 Å². The van der Waals surface area contributed by atoms with Gasteiger partial charge >= 0.3 is 0 Å². The van der Waals surface area contributed by atoms with Crippen molar-refractivity contribution in [2.75, 3.05) is 16.8 Å². The Hall–Kier alpha value is -2.62. The molecule has 1 aliphatic rings. The molecule has 0 radical (unpaired) electrons. The lowest BCUT2D eigenvalue weighted by molar-refractivity contribution is -0.122. The first-order valence-electron chi connectivity index (χ1n) is 9.73. The highest BCUT2D eigenvalue weighted by Crippen LogP contribution is 2.32. The van der Waals surface area contributed by atoms with E-state index in [2.05, 4.69) is 37.4 Å². The fourth-order valence-electron chi connectivity index (χ4n) is 3.95. The number of carbonyl (C=O) groups is 2. The molecule has 4 nitrogen and oxygen atoms in total. The van der Waals surface area contributed by atoms with Crippen LogP contribution in [-0.2, 0) is 22.4 Å². The molecule has 1 heterocycles. The highest BCUT2D eigenvalue weighted by molar-refractivity contribution is 6.04. The summed E-state index contributed by atoms with van der Waals surface area (Å²) in [6.07, 6.45) is 2.00. The van der Waals surface area contributed by atoms with Crippen LogP contribution in [0.2, 0.25) is 0 Å². The second kappa shape index (κ2) is 7.95. The molecular weight excluding hydrogens is 336 g/mol. The third-order valence-electron chi connectivity index (χ3n) is 5.22. The SMILES string of the molecule is CCc1cccc(CC)c1N1C[C@H](C(=O)Nc2cc(C)cc(C)c2)CC1=O. The second-order valence-corrected chi connectivity index (χ2v) is 7.40. The van der Waals surface area contributed by atoms with Crippen molar-refractivity contribution in [3.05, 3.63) is 58.7 Å². The summed E-state index contributed by atoms with van der Waals surface area (Å²) in [6, 6.07) is 12.2. The molecular formula is C23H28N2O2. The van der Waals surface area contributed by atoms with Crippen molar-refractivity contribution in [2.24, 2.45) is 5.92 Å². The maximum atomic E-state index is 12.8. The van der Waals surface area contributed by atoms with Crippen molar-refractivity contribution in [1.82, 2.24) is 0 Å². The first-order chi connectivity index (χ1) is 12.9. The minimum Gasteiger partial charge on any atom is -0.326 e. The van der Waals surface area contributed by atoms with E-state index in [0.717, 1.165) is 46.5 Å². The predicted molar refractivity (Wildman–Crippen MR) is 110 cm³/mol. The standard InChI is InChI=1S/C23H28N2O2/c1-5-17-8-7-9-18(6-2)22(17)25-14-19(13-21(25)26)23(27)24-20-11-15(3)10-16(4)12-20/h7-12,19H,5-6,13-14H2,1-4H3,(H,24,27)/t19-/m1/s1. The minimum absolute atomic E-state index is 0.0335. The fourth-order valence-corrected chi connectivity index (χ4v) is 3.95. The van der Waals surface area contributed by atoms with Gasteiger partial charge in [0.15, 0.2) is 0 Å². The van der Waals surface area contributed by atoms with Gasteiger partial charge in [-0.05, 0) is 61.1 Å². The van der Waals surface area contributed by atoms with Crippen LogP contribution < -0.4 is 10.2 Å². The Labute approximate surface area is 161 Å². The van der Waals surface area contributed by atoms with Crippen LogP contribution in [0.4, 0.5) is 11.4 Å². The summed E-state index contributed by atoms with van der Waals surface area (Å²) in [5.74, 6) is -0.373. The van der Waals surface area contributed by atoms with Gasteiger partial charge in [0.1, 0.15) is 0 Å². The Bertz CT molecular complexity index is 830. The van der Waals surface area contributed by atoms with E-state index in [-0.39, 0.29) is 24.2 Å². The van der Waals surface area contributed by atoms with Gasteiger partial charge in [0.05, 0.1) is 5.92 Å². The summed E-state index contributed by atoms with van der Waals surface area (Å²) in [6.45, 7) is 8.67. The predicted octanol–water partition coefficient (Wildman–Crippen LogP) is 4.42. The molecule has 1 N–H and O–H groups in total. The molecule has 0 unspecified atom stereocenters. The van der Waals surface area contributed by atoms with Gasteiger partial charge in [0, 0.05) is 24.3 Å². The molecule has 27 heavy (non-hydrogen) atoms. The van der Waals surface area contributed by atoms with E-state index in [1.807, 2.05) is 36.9 Å². The number of benzene rings is 2. The molecule has 0 bridgehead atoms. The number of hydrogen-bond donors (Lipinski definition) is 1. The average Bonchev–Trinajstić information content (AvgIpc) is 3.01. The van der Waals surface area contributed by atoms with E-state index in [1.54, 1.807) is 0 Å². The molecule has 4 heteroatoms. The zero-order valence-electron chi connectivity index (χ0n) is 16.6. The lowest BCUT2D eigenvalue weighted by Gasteiger charge is -2.23. The topological polar surface area (TPSA) is 49.4 Å². The maximum absolute atomic E-state index is 12.8. The number of aryl methyl sites for hydroxylation is 4. The molecule has 2 aromatic rings. The van der Waals surface area contributed by atoms with Gasteiger partial charge in [-0.15, -0.1) is 0 Å². The Balaban J connectivity index is 1.80. The van der Waals surface area contributed by atoms with E-state index < -0.39 is 0 Å². The normalized spacial score (nSPS) is 16.7. The van der Waals surface area contributed by atoms with Crippen LogP contribution >= 0.6 is 0 Å². The van der Waals surface area contributed by atoms with Crippen molar-refractivity contribution in [3.8, 4) is 0 Å². The van der Waals surface area contributed by atoms with Crippen LogP contribution in [0.3, 0.4) is 0 Å². The monoisotopic (exact) mass is 364 g/mol. The zero-order chi connectivity index (χ0) is 19.6. The van der Waals surface area contributed by atoms with Crippen LogP contribution in [0, 0.1) is 19.8 Å². The first kappa shape index (κ1) is 19.2. The summed E-state index contributed by atoms with van der Waals surface area (Å²) >= 11 is 0. The van der Waals surface area contributed by atoms with Gasteiger partial charge in [-0.3, -0.25) is 9.59 Å². The van der Waals surface area contributed by atoms with Crippen LogP contribution in [0.1, 0.15) is 42.5 Å². The zero-order valence-corrected chi connectivity index (χ0v) is 16.6. The van der Waals surface area contributed by atoms with Crippen LogP contribution in [0.25, 0.3) is 0 Å². The Morgan fingerprint density at radius 2 is 1.67 bits per heavy atom. The number of nitrogens with one attached hydrogen (secondary N) is 1. The van der Waals surface area contributed by atoms with Crippen molar-refractivity contribution in [3.63, 3.8) is 0 Å². The number of amides is 2. The van der Waals surface area contributed by atoms with Crippen molar-refractivity contribution >= 4 is 23.2 Å². The van der Waals surface area contributed by atoms with Gasteiger partial charge in [0.25, 0.3) is 0 Å². The van der Waals surface area contributed by atoms with E-state index in [9.17, 15) is 9.59 Å². The number of para-hydroxylation sites is 1. The van der Waals surface area contributed by atoms with Crippen LogP contribution in [0.15, 0.2) is 36.4 Å². The summed E-state index contributed by atoms with van der Waals surface area (Å²) < 4.78 is 0. The molecule has 1 atom stereocenters. The number of nitrogens with zero attached hydrogens (tertiary/aromatic N) is 1. The summed E-state index contributed by atoms with van der Waals surface area (Å²) in [5, 5.41) is 3.00. The Kier molecular flexibility index (Phi) is 5.64. The molecule has 0 aliphatic carbocycles. The molecule has 0 saturated carbocycles. The van der Waals surface area contributed by atoms with Crippen LogP contribution in [-0.4, -0.2) is 18.4 Å². The molecule has 0 spiro atoms. The van der Waals surface area contributed by atoms with Gasteiger partial charge in [0.2, 0.25) is 11.8 Å². The van der Waals surface area contributed by atoms with E-state index in [0.29, 0.717) is 6.54 Å². The summed E-state index contributed by atoms with van der Waals surface area (Å²) in [4.78, 5) is 27.3. The Morgan fingerprint density at radius 3 is 2.22 bits per heavy atom. The van der Waals surface area contributed by atoms with Crippen molar-refractivity contribution in [2.45, 2.75) is 47.0 Å². The van der Waals surface area contributed by atoms with Gasteiger partial charge in [-0.1, -0.05) is 38.1 Å². The first-order valence-corrected chi connectivity index (χ1v) is 9.73. The molecule has 1 aliphatic heterocycles. The third kappa shape index (κ3) is 4.05.